The van der Waals surface area contributed by atoms with Crippen molar-refractivity contribution in [3.05, 3.63) is 65.2 Å². The van der Waals surface area contributed by atoms with E-state index in [9.17, 15) is 14.4 Å². The van der Waals surface area contributed by atoms with E-state index in [0.29, 0.717) is 35.8 Å². The summed E-state index contributed by atoms with van der Waals surface area (Å²) in [6, 6.07) is 11.8. The van der Waals surface area contributed by atoms with Crippen molar-refractivity contribution in [2.24, 2.45) is 0 Å². The van der Waals surface area contributed by atoms with E-state index in [2.05, 4.69) is 0 Å². The number of ether oxygens (including phenoxy) is 3. The van der Waals surface area contributed by atoms with Crippen molar-refractivity contribution in [3.8, 4) is 11.5 Å². The quantitative estimate of drug-likeness (QED) is 0.357. The second-order valence-electron chi connectivity index (χ2n) is 6.50. The number of hydrogen-bond donors (Lipinski definition) is 0. The van der Waals surface area contributed by atoms with Crippen molar-refractivity contribution in [3.63, 3.8) is 0 Å². The van der Waals surface area contributed by atoms with Crippen molar-refractivity contribution in [2.45, 2.75) is 20.3 Å². The van der Waals surface area contributed by atoms with Crippen LogP contribution >= 0.6 is 0 Å². The van der Waals surface area contributed by atoms with Gasteiger partial charge in [0, 0.05) is 6.08 Å². The highest BCUT2D eigenvalue weighted by atomic mass is 16.5. The van der Waals surface area contributed by atoms with Crippen LogP contribution < -0.4 is 9.47 Å². The monoisotopic (exact) mass is 409 g/mol. The minimum absolute atomic E-state index is 0.308. The molecule has 30 heavy (non-hydrogen) atoms. The van der Waals surface area contributed by atoms with Gasteiger partial charge in [-0.15, -0.1) is 0 Å². The molecule has 7 heteroatoms. The summed E-state index contributed by atoms with van der Waals surface area (Å²) in [5, 5.41) is 0. The van der Waals surface area contributed by atoms with E-state index in [1.165, 1.54) is 6.08 Å². The maximum Gasteiger partial charge on any atom is 0.332 e. The molecule has 0 unspecified atom stereocenters. The summed E-state index contributed by atoms with van der Waals surface area (Å²) in [6.45, 7) is 4.52. The van der Waals surface area contributed by atoms with E-state index in [1.807, 2.05) is 13.8 Å². The summed E-state index contributed by atoms with van der Waals surface area (Å²) >= 11 is 0. The Morgan fingerprint density at radius 2 is 1.67 bits per heavy atom. The number of amides is 2. The number of carbonyl (C=O) groups excluding carboxylic acids is 3. The first-order chi connectivity index (χ1) is 14.5. The number of fused-ring (bicyclic) bond motifs is 1. The molecule has 0 saturated heterocycles. The van der Waals surface area contributed by atoms with Crippen molar-refractivity contribution in [1.29, 1.82) is 0 Å². The van der Waals surface area contributed by atoms with Crippen LogP contribution in [0, 0.1) is 0 Å². The number of benzene rings is 2. The Labute approximate surface area is 174 Å². The molecule has 2 aromatic rings. The molecule has 0 radical (unpaired) electrons. The average Bonchev–Trinajstić information content (AvgIpc) is 3.00. The van der Waals surface area contributed by atoms with Gasteiger partial charge in [0.05, 0.1) is 24.3 Å². The van der Waals surface area contributed by atoms with Gasteiger partial charge < -0.3 is 14.2 Å². The Morgan fingerprint density at radius 3 is 2.30 bits per heavy atom. The molecule has 0 N–H and O–H groups in total. The molecular formula is C23H23NO6. The normalized spacial score (nSPS) is 12.9. The predicted molar refractivity (Wildman–Crippen MR) is 110 cm³/mol. The van der Waals surface area contributed by atoms with Gasteiger partial charge in [0.15, 0.2) is 18.2 Å². The summed E-state index contributed by atoms with van der Waals surface area (Å²) in [4.78, 5) is 37.5. The highest BCUT2D eigenvalue weighted by Crippen LogP contribution is 2.29. The molecular weight excluding hydrogens is 386 g/mol. The van der Waals surface area contributed by atoms with Gasteiger partial charge >= 0.3 is 5.97 Å². The molecule has 0 saturated carbocycles. The van der Waals surface area contributed by atoms with Crippen LogP contribution in [0.1, 0.15) is 46.5 Å². The third kappa shape index (κ3) is 4.68. The number of esters is 1. The maximum absolute atomic E-state index is 12.3. The van der Waals surface area contributed by atoms with Gasteiger partial charge in [0.25, 0.3) is 11.8 Å². The van der Waals surface area contributed by atoms with Gasteiger partial charge in [0.1, 0.15) is 0 Å². The molecule has 3 rings (SSSR count). The van der Waals surface area contributed by atoms with Gasteiger partial charge in [-0.3, -0.25) is 9.59 Å². The zero-order valence-corrected chi connectivity index (χ0v) is 16.9. The topological polar surface area (TPSA) is 82.1 Å². The van der Waals surface area contributed by atoms with Crippen molar-refractivity contribution in [1.82, 2.24) is 4.90 Å². The number of carbonyl (C=O) groups is 3. The summed E-state index contributed by atoms with van der Waals surface area (Å²) < 4.78 is 16.3. The van der Waals surface area contributed by atoms with Crippen LogP contribution in [0.5, 0.6) is 11.5 Å². The molecule has 1 heterocycles. The SMILES string of the molecule is CCCOc1ccc(/C=C/C(=O)OCN2C(=O)c3ccccc3C2=O)cc1OCC. The van der Waals surface area contributed by atoms with Crippen molar-refractivity contribution in [2.75, 3.05) is 19.9 Å². The third-order valence-corrected chi connectivity index (χ3v) is 4.36. The second-order valence-corrected chi connectivity index (χ2v) is 6.50. The zero-order chi connectivity index (χ0) is 21.5. The summed E-state index contributed by atoms with van der Waals surface area (Å²) in [6.07, 6.45) is 3.68. The molecule has 2 amide bonds. The van der Waals surface area contributed by atoms with Gasteiger partial charge in [-0.25, -0.2) is 9.69 Å². The molecule has 0 aliphatic carbocycles. The first-order valence-corrected chi connectivity index (χ1v) is 9.74. The minimum Gasteiger partial charge on any atom is -0.490 e. The molecule has 0 spiro atoms. The minimum atomic E-state index is -0.671. The van der Waals surface area contributed by atoms with E-state index in [1.54, 1.807) is 48.5 Å². The lowest BCUT2D eigenvalue weighted by Crippen LogP contribution is -2.32. The van der Waals surface area contributed by atoms with E-state index < -0.39 is 24.5 Å². The van der Waals surface area contributed by atoms with E-state index in [0.717, 1.165) is 16.9 Å². The van der Waals surface area contributed by atoms with Crippen LogP contribution in [0.15, 0.2) is 48.5 Å². The van der Waals surface area contributed by atoms with Gasteiger partial charge in [-0.2, -0.15) is 0 Å². The Kier molecular flexibility index (Phi) is 6.85. The Hall–Kier alpha value is -3.61. The largest absolute Gasteiger partial charge is 0.490 e. The van der Waals surface area contributed by atoms with Crippen LogP contribution in [-0.4, -0.2) is 42.6 Å². The standard InChI is InChI=1S/C23H23NO6/c1-3-13-29-19-11-9-16(14-20(19)28-4-2)10-12-21(25)30-15-24-22(26)17-7-5-6-8-18(17)23(24)27/h5-12,14H,3-4,13,15H2,1-2H3/b12-10+. The van der Waals surface area contributed by atoms with Crippen LogP contribution in [-0.2, 0) is 9.53 Å². The summed E-state index contributed by atoms with van der Waals surface area (Å²) in [7, 11) is 0. The van der Waals surface area contributed by atoms with Crippen molar-refractivity contribution >= 4 is 23.9 Å². The second kappa shape index (κ2) is 9.73. The molecule has 0 atom stereocenters. The molecule has 156 valence electrons. The molecule has 7 nitrogen and oxygen atoms in total. The molecule has 0 aromatic heterocycles. The highest BCUT2D eigenvalue weighted by Gasteiger charge is 2.35. The van der Waals surface area contributed by atoms with E-state index in [4.69, 9.17) is 14.2 Å². The van der Waals surface area contributed by atoms with Crippen LogP contribution in [0.2, 0.25) is 0 Å². The van der Waals surface area contributed by atoms with E-state index >= 15 is 0 Å². The first-order valence-electron chi connectivity index (χ1n) is 9.74. The Balaban J connectivity index is 1.60. The van der Waals surface area contributed by atoms with Crippen LogP contribution in [0.25, 0.3) is 6.08 Å². The molecule has 0 bridgehead atoms. The molecule has 1 aliphatic heterocycles. The molecule has 2 aromatic carbocycles. The van der Waals surface area contributed by atoms with Gasteiger partial charge in [0.2, 0.25) is 0 Å². The fourth-order valence-electron chi connectivity index (χ4n) is 2.92. The Bertz CT molecular complexity index is 946. The number of nitrogens with zero attached hydrogens (tertiary/aromatic N) is 1. The van der Waals surface area contributed by atoms with Crippen LogP contribution in [0.3, 0.4) is 0 Å². The van der Waals surface area contributed by atoms with Crippen LogP contribution in [0.4, 0.5) is 0 Å². The summed E-state index contributed by atoms with van der Waals surface area (Å²) in [5.74, 6) is -0.389. The number of hydrogen-bond acceptors (Lipinski definition) is 6. The predicted octanol–water partition coefficient (Wildman–Crippen LogP) is 3.68. The highest BCUT2D eigenvalue weighted by molar-refractivity contribution is 6.21. The lowest BCUT2D eigenvalue weighted by atomic mass is 10.1. The zero-order valence-electron chi connectivity index (χ0n) is 16.9. The number of rotatable bonds is 9. The maximum atomic E-state index is 12.3. The Morgan fingerprint density at radius 1 is 0.967 bits per heavy atom. The lowest BCUT2D eigenvalue weighted by molar-refractivity contribution is -0.140. The fourth-order valence-corrected chi connectivity index (χ4v) is 2.92. The molecule has 0 fully saturated rings. The molecule has 1 aliphatic rings. The third-order valence-electron chi connectivity index (χ3n) is 4.36. The smallest absolute Gasteiger partial charge is 0.332 e. The van der Waals surface area contributed by atoms with Crippen molar-refractivity contribution < 1.29 is 28.6 Å². The van der Waals surface area contributed by atoms with E-state index in [-0.39, 0.29) is 0 Å². The number of imide groups is 1. The average molecular weight is 409 g/mol. The summed E-state index contributed by atoms with van der Waals surface area (Å²) in [5.41, 5.74) is 1.34. The van der Waals surface area contributed by atoms with Gasteiger partial charge in [-0.1, -0.05) is 25.1 Å². The lowest BCUT2D eigenvalue weighted by Gasteiger charge is -2.13. The fraction of sp³-hybridized carbons (Fsp3) is 0.261. The van der Waals surface area contributed by atoms with Gasteiger partial charge in [-0.05, 0) is 49.2 Å². The first kappa shape index (κ1) is 21.1.